The van der Waals surface area contributed by atoms with Gasteiger partial charge in [-0.1, -0.05) is 11.2 Å². The number of ether oxygens (including phenoxy) is 1. The third-order valence-corrected chi connectivity index (χ3v) is 3.84. The van der Waals surface area contributed by atoms with Gasteiger partial charge in [0.25, 0.3) is 0 Å². The van der Waals surface area contributed by atoms with Crippen LogP contribution in [0.15, 0.2) is 16.8 Å². The predicted molar refractivity (Wildman–Crippen MR) is 69.7 cm³/mol. The third kappa shape index (κ3) is 2.69. The Hall–Kier alpha value is -1.65. The summed E-state index contributed by atoms with van der Waals surface area (Å²) in [5.41, 5.74) is 0.530. The second-order valence-corrected chi connectivity index (χ2v) is 5.29. The minimum absolute atomic E-state index is 0.0550. The van der Waals surface area contributed by atoms with Crippen molar-refractivity contribution < 1.29 is 19.2 Å². The van der Waals surface area contributed by atoms with E-state index in [9.17, 15) is 9.59 Å². The van der Waals surface area contributed by atoms with Crippen molar-refractivity contribution >= 4 is 17.5 Å². The monoisotopic (exact) mass is 265 g/mol. The lowest BCUT2D eigenvalue weighted by Crippen LogP contribution is -2.38. The number of ketones is 1. The number of hydrogen-bond donors (Lipinski definition) is 0. The highest BCUT2D eigenvalue weighted by atomic mass is 16.7. The van der Waals surface area contributed by atoms with Crippen molar-refractivity contribution in [2.24, 2.45) is 11.1 Å². The molecule has 1 aliphatic heterocycles. The maximum Gasteiger partial charge on any atom is 0.356 e. The smallest absolute Gasteiger partial charge is 0.356 e. The van der Waals surface area contributed by atoms with Gasteiger partial charge in [-0.3, -0.25) is 4.79 Å². The Kier molecular flexibility index (Phi) is 3.73. The van der Waals surface area contributed by atoms with Gasteiger partial charge >= 0.3 is 5.97 Å². The first-order valence-electron chi connectivity index (χ1n) is 6.58. The van der Waals surface area contributed by atoms with Gasteiger partial charge in [-0.2, -0.15) is 0 Å². The lowest BCUT2D eigenvalue weighted by molar-refractivity contribution is -0.135. The SMILES string of the molecule is CCOC(=O)C1=NO[C@](C)([C@H]2CC=C(C)C(=O)C2)C1. The van der Waals surface area contributed by atoms with E-state index in [-0.39, 0.29) is 11.7 Å². The van der Waals surface area contributed by atoms with Crippen molar-refractivity contribution in [1.82, 2.24) is 0 Å². The fraction of sp³-hybridized carbons (Fsp3) is 0.643. The number of oxime groups is 1. The molecular formula is C14H19NO4. The van der Waals surface area contributed by atoms with Crippen molar-refractivity contribution in [2.75, 3.05) is 6.61 Å². The van der Waals surface area contributed by atoms with Gasteiger partial charge in [0.05, 0.1) is 6.61 Å². The molecule has 0 fully saturated rings. The first kappa shape index (κ1) is 13.8. The molecule has 0 N–H and O–H groups in total. The Balaban J connectivity index is 2.04. The Morgan fingerprint density at radius 2 is 2.37 bits per heavy atom. The Morgan fingerprint density at radius 1 is 1.63 bits per heavy atom. The van der Waals surface area contributed by atoms with Gasteiger partial charge in [-0.05, 0) is 32.8 Å². The van der Waals surface area contributed by atoms with Crippen LogP contribution in [0.1, 0.15) is 40.0 Å². The Morgan fingerprint density at radius 3 is 3.00 bits per heavy atom. The molecule has 0 unspecified atom stereocenters. The molecule has 0 aromatic carbocycles. The lowest BCUT2D eigenvalue weighted by atomic mass is 9.76. The number of rotatable bonds is 3. The number of esters is 1. The summed E-state index contributed by atoms with van der Waals surface area (Å²) in [6.45, 7) is 5.80. The molecular weight excluding hydrogens is 246 g/mol. The van der Waals surface area contributed by atoms with E-state index in [4.69, 9.17) is 9.57 Å². The van der Waals surface area contributed by atoms with Crippen LogP contribution in [0.4, 0.5) is 0 Å². The highest BCUT2D eigenvalue weighted by Gasteiger charge is 2.45. The van der Waals surface area contributed by atoms with E-state index < -0.39 is 11.6 Å². The average molecular weight is 265 g/mol. The van der Waals surface area contributed by atoms with E-state index in [1.807, 2.05) is 19.9 Å². The summed E-state index contributed by atoms with van der Waals surface area (Å²) in [5.74, 6) is -0.231. The molecule has 0 saturated carbocycles. The molecule has 0 amide bonds. The lowest BCUT2D eigenvalue weighted by Gasteiger charge is -2.32. The maximum absolute atomic E-state index is 11.8. The van der Waals surface area contributed by atoms with Crippen molar-refractivity contribution in [3.8, 4) is 0 Å². The molecule has 1 heterocycles. The zero-order chi connectivity index (χ0) is 14.0. The zero-order valence-corrected chi connectivity index (χ0v) is 11.6. The van der Waals surface area contributed by atoms with Crippen LogP contribution in [0.2, 0.25) is 0 Å². The molecule has 2 atom stereocenters. The number of allylic oxidation sites excluding steroid dienone is 2. The first-order chi connectivity index (χ1) is 8.96. The average Bonchev–Trinajstić information content (AvgIpc) is 2.77. The minimum atomic E-state index is -0.588. The number of hydrogen-bond acceptors (Lipinski definition) is 5. The minimum Gasteiger partial charge on any atom is -0.461 e. The summed E-state index contributed by atoms with van der Waals surface area (Å²) >= 11 is 0. The van der Waals surface area contributed by atoms with Crippen molar-refractivity contribution in [1.29, 1.82) is 0 Å². The molecule has 0 saturated heterocycles. The van der Waals surface area contributed by atoms with Gasteiger partial charge in [-0.15, -0.1) is 0 Å². The maximum atomic E-state index is 11.8. The molecule has 0 aromatic rings. The normalized spacial score (nSPS) is 30.5. The van der Waals surface area contributed by atoms with E-state index in [1.165, 1.54) is 0 Å². The van der Waals surface area contributed by atoms with Crippen molar-refractivity contribution in [2.45, 2.75) is 45.6 Å². The van der Waals surface area contributed by atoms with Gasteiger partial charge in [0, 0.05) is 18.8 Å². The molecule has 2 aliphatic rings. The molecule has 0 radical (unpaired) electrons. The number of carbonyl (C=O) groups excluding carboxylic acids is 2. The van der Waals surface area contributed by atoms with Gasteiger partial charge < -0.3 is 9.57 Å². The van der Waals surface area contributed by atoms with Crippen LogP contribution in [0.3, 0.4) is 0 Å². The topological polar surface area (TPSA) is 65.0 Å². The fourth-order valence-corrected chi connectivity index (χ4v) is 2.47. The Bertz CT molecular complexity index is 466. The van der Waals surface area contributed by atoms with Gasteiger partial charge in [0.15, 0.2) is 11.5 Å². The third-order valence-electron chi connectivity index (χ3n) is 3.84. The van der Waals surface area contributed by atoms with Crippen LogP contribution in [0, 0.1) is 5.92 Å². The van der Waals surface area contributed by atoms with E-state index in [1.54, 1.807) is 6.92 Å². The quantitative estimate of drug-likeness (QED) is 0.732. The molecule has 5 heteroatoms. The molecule has 104 valence electrons. The van der Waals surface area contributed by atoms with Crippen LogP contribution < -0.4 is 0 Å². The predicted octanol–water partition coefficient (Wildman–Crippen LogP) is 2.01. The fourth-order valence-electron chi connectivity index (χ4n) is 2.47. The van der Waals surface area contributed by atoms with E-state index in [0.717, 1.165) is 12.0 Å². The first-order valence-corrected chi connectivity index (χ1v) is 6.58. The molecule has 1 aliphatic carbocycles. The van der Waals surface area contributed by atoms with Crippen LogP contribution in [0.25, 0.3) is 0 Å². The molecule has 0 aromatic heterocycles. The molecule has 0 bridgehead atoms. The summed E-state index contributed by atoms with van der Waals surface area (Å²) in [7, 11) is 0. The largest absolute Gasteiger partial charge is 0.461 e. The van der Waals surface area contributed by atoms with Crippen LogP contribution >= 0.6 is 0 Å². The highest BCUT2D eigenvalue weighted by molar-refractivity contribution is 6.36. The summed E-state index contributed by atoms with van der Waals surface area (Å²) in [6.07, 6.45) is 3.56. The van der Waals surface area contributed by atoms with Gasteiger partial charge in [-0.25, -0.2) is 4.79 Å². The summed E-state index contributed by atoms with van der Waals surface area (Å²) in [5, 5.41) is 3.84. The number of nitrogens with zero attached hydrogens (tertiary/aromatic N) is 1. The zero-order valence-electron chi connectivity index (χ0n) is 11.6. The molecule has 19 heavy (non-hydrogen) atoms. The summed E-state index contributed by atoms with van der Waals surface area (Å²) in [4.78, 5) is 28.8. The van der Waals surface area contributed by atoms with Gasteiger partial charge in [0.1, 0.15) is 5.60 Å². The van der Waals surface area contributed by atoms with Crippen molar-refractivity contribution in [3.05, 3.63) is 11.6 Å². The molecule has 5 nitrogen and oxygen atoms in total. The summed E-state index contributed by atoms with van der Waals surface area (Å²) in [6, 6.07) is 0. The number of carbonyl (C=O) groups is 2. The van der Waals surface area contributed by atoms with Crippen molar-refractivity contribution in [3.63, 3.8) is 0 Å². The Labute approximate surface area is 112 Å². The van der Waals surface area contributed by atoms with E-state index in [0.29, 0.717) is 25.2 Å². The second-order valence-electron chi connectivity index (χ2n) is 5.29. The highest BCUT2D eigenvalue weighted by Crippen LogP contribution is 2.38. The summed E-state index contributed by atoms with van der Waals surface area (Å²) < 4.78 is 4.92. The van der Waals surface area contributed by atoms with Crippen LogP contribution in [-0.2, 0) is 19.2 Å². The van der Waals surface area contributed by atoms with Gasteiger partial charge in [0.2, 0.25) is 0 Å². The van der Waals surface area contributed by atoms with Crippen LogP contribution in [0.5, 0.6) is 0 Å². The second kappa shape index (κ2) is 5.15. The van der Waals surface area contributed by atoms with Crippen LogP contribution in [-0.4, -0.2) is 29.7 Å². The number of Topliss-reactive ketones (excluding diaryl/α,β-unsaturated/α-hetero) is 1. The van der Waals surface area contributed by atoms with E-state index in [2.05, 4.69) is 5.16 Å². The molecule has 2 rings (SSSR count). The standard InChI is InChI=1S/C14H19NO4/c1-4-18-13(17)11-8-14(3,19-15-11)10-6-5-9(2)12(16)7-10/h5,10H,4,6-8H2,1-3H3/t10-,14-/m0/s1. The van der Waals surface area contributed by atoms with E-state index >= 15 is 0 Å². The molecule has 0 spiro atoms.